The highest BCUT2D eigenvalue weighted by atomic mass is 35.5. The molecule has 0 bridgehead atoms. The second-order valence-electron chi connectivity index (χ2n) is 4.99. The van der Waals surface area contributed by atoms with E-state index in [0.29, 0.717) is 0 Å². The van der Waals surface area contributed by atoms with Crippen LogP contribution >= 0.6 is 11.6 Å². The first kappa shape index (κ1) is 15.6. The summed E-state index contributed by atoms with van der Waals surface area (Å²) in [6, 6.07) is 6.43. The van der Waals surface area contributed by atoms with E-state index in [-0.39, 0.29) is 16.1 Å². The highest BCUT2D eigenvalue weighted by Crippen LogP contribution is 2.59. The minimum atomic E-state index is -2.03. The molecule has 0 aromatic heterocycles. The molecule has 0 spiro atoms. The van der Waals surface area contributed by atoms with Gasteiger partial charge in [-0.25, -0.2) is 0 Å². The Hall–Kier alpha value is -0.795. The third kappa shape index (κ3) is 1.79. The van der Waals surface area contributed by atoms with Gasteiger partial charge in [0.1, 0.15) is 7.85 Å². The van der Waals surface area contributed by atoms with E-state index in [1.807, 2.05) is 0 Å². The fourth-order valence-electron chi connectivity index (χ4n) is 2.28. The summed E-state index contributed by atoms with van der Waals surface area (Å²) < 4.78 is 0. The lowest BCUT2D eigenvalue weighted by Crippen LogP contribution is -2.62. The number of halogens is 1. The molecule has 0 saturated carbocycles. The molecule has 0 heterocycles. The van der Waals surface area contributed by atoms with E-state index in [1.165, 1.54) is 0 Å². The minimum Gasteiger partial charge on any atom is -0.316 e. The van der Waals surface area contributed by atoms with Crippen LogP contribution in [0.25, 0.3) is 0 Å². The summed E-state index contributed by atoms with van der Waals surface area (Å²) >= 11 is 6.09. The quantitative estimate of drug-likeness (QED) is 0.732. The van der Waals surface area contributed by atoms with Gasteiger partial charge in [0.15, 0.2) is 5.78 Å². The van der Waals surface area contributed by atoms with Crippen molar-refractivity contribution < 1.29 is 4.79 Å². The van der Waals surface area contributed by atoms with Crippen molar-refractivity contribution in [2.24, 2.45) is 5.73 Å². The van der Waals surface area contributed by atoms with Crippen LogP contribution in [-0.4, -0.2) is 45.0 Å². The molecule has 1 aromatic carbocycles. The Bertz CT molecular complexity index is 616. The number of rotatable bonds is 1. The van der Waals surface area contributed by atoms with Crippen molar-refractivity contribution >= 4 is 56.6 Å². The van der Waals surface area contributed by atoms with Crippen molar-refractivity contribution in [2.75, 3.05) is 0 Å². The van der Waals surface area contributed by atoms with Gasteiger partial charge in [-0.3, -0.25) is 4.79 Å². The van der Waals surface area contributed by atoms with Crippen molar-refractivity contribution in [2.45, 2.75) is 16.0 Å². The molecule has 8 heteroatoms. The minimum absolute atomic E-state index is 0.138. The van der Waals surface area contributed by atoms with Crippen LogP contribution in [0.4, 0.5) is 0 Å². The highest BCUT2D eigenvalue weighted by Gasteiger charge is 2.56. The standard InChI is InChI=1S/C12H7B5ClNO/c13-8-5-9(20)10(19,12(16,17)11(8,14)15)6-3-1-2-4-7(6)18/h1-5H,19H2. The second kappa shape index (κ2) is 4.61. The fourth-order valence-corrected chi connectivity index (χ4v) is 2.56. The van der Waals surface area contributed by atoms with Gasteiger partial charge in [-0.1, -0.05) is 40.2 Å². The lowest BCUT2D eigenvalue weighted by Gasteiger charge is -2.58. The number of carbonyl (C=O) groups is 1. The molecular weight excluding hydrogens is 264 g/mol. The maximum absolute atomic E-state index is 12.4. The van der Waals surface area contributed by atoms with Gasteiger partial charge >= 0.3 is 0 Å². The van der Waals surface area contributed by atoms with Gasteiger partial charge in [0, 0.05) is 5.02 Å². The molecule has 88 valence electrons. The third-order valence-electron chi connectivity index (χ3n) is 3.79. The van der Waals surface area contributed by atoms with E-state index < -0.39 is 21.7 Å². The lowest BCUT2D eigenvalue weighted by molar-refractivity contribution is -0.121. The predicted molar refractivity (Wildman–Crippen MR) is 84.6 cm³/mol. The first-order valence-electron chi connectivity index (χ1n) is 5.78. The molecule has 0 amide bonds. The highest BCUT2D eigenvalue weighted by molar-refractivity contribution is 6.61. The molecule has 1 atom stereocenters. The van der Waals surface area contributed by atoms with Crippen LogP contribution in [0.5, 0.6) is 0 Å². The van der Waals surface area contributed by atoms with E-state index in [4.69, 9.17) is 56.6 Å². The van der Waals surface area contributed by atoms with Crippen LogP contribution in [-0.2, 0) is 10.3 Å². The smallest absolute Gasteiger partial charge is 0.178 e. The van der Waals surface area contributed by atoms with E-state index >= 15 is 0 Å². The summed E-state index contributed by atoms with van der Waals surface area (Å²) in [4.78, 5) is 12.4. The van der Waals surface area contributed by atoms with Gasteiger partial charge in [-0.15, -0.1) is 5.47 Å². The van der Waals surface area contributed by atoms with Crippen LogP contribution in [0.1, 0.15) is 5.56 Å². The Labute approximate surface area is 129 Å². The molecule has 2 rings (SSSR count). The maximum Gasteiger partial charge on any atom is 0.178 e. The molecule has 0 saturated heterocycles. The van der Waals surface area contributed by atoms with Crippen LogP contribution in [0.15, 0.2) is 35.8 Å². The number of hydrogen-bond acceptors (Lipinski definition) is 2. The van der Waals surface area contributed by atoms with Crippen molar-refractivity contribution in [3.8, 4) is 0 Å². The molecule has 2 N–H and O–H groups in total. The number of allylic oxidation sites excluding steroid dienone is 1. The van der Waals surface area contributed by atoms with Gasteiger partial charge in [0.2, 0.25) is 0 Å². The molecule has 1 unspecified atom stereocenters. The number of carbonyl (C=O) groups excluding carboxylic acids is 1. The molecule has 1 aliphatic rings. The van der Waals surface area contributed by atoms with Crippen molar-refractivity contribution in [3.05, 3.63) is 46.4 Å². The third-order valence-corrected chi connectivity index (χ3v) is 4.12. The SMILES string of the molecule is [B]C1=CC(=O)C(N)(c2ccccc2Cl)C([B])([B])C1([B])[B]. The maximum atomic E-state index is 12.4. The van der Waals surface area contributed by atoms with E-state index in [9.17, 15) is 4.79 Å². The Morgan fingerprint density at radius 2 is 1.65 bits per heavy atom. The summed E-state index contributed by atoms with van der Waals surface area (Å²) in [7, 11) is 29.5. The average Bonchev–Trinajstić information content (AvgIpc) is 2.36. The van der Waals surface area contributed by atoms with Gasteiger partial charge in [0.25, 0.3) is 0 Å². The normalized spacial score (nSPS) is 27.9. The zero-order chi connectivity index (χ0) is 15.3. The largest absolute Gasteiger partial charge is 0.316 e. The first-order valence-corrected chi connectivity index (χ1v) is 6.16. The van der Waals surface area contributed by atoms with Gasteiger partial charge in [-0.05, 0) is 17.7 Å². The topological polar surface area (TPSA) is 43.1 Å². The van der Waals surface area contributed by atoms with Gasteiger partial charge in [-0.2, -0.15) is 0 Å². The Morgan fingerprint density at radius 3 is 2.20 bits per heavy atom. The summed E-state index contributed by atoms with van der Waals surface area (Å²) in [5.74, 6) is -0.611. The zero-order valence-electron chi connectivity index (χ0n) is 10.6. The van der Waals surface area contributed by atoms with Crippen LogP contribution in [0, 0.1) is 0 Å². The van der Waals surface area contributed by atoms with Crippen LogP contribution in [0.2, 0.25) is 15.5 Å². The van der Waals surface area contributed by atoms with Crippen LogP contribution in [0.3, 0.4) is 0 Å². The lowest BCUT2D eigenvalue weighted by atomic mass is 9.20. The van der Waals surface area contributed by atoms with Crippen molar-refractivity contribution in [1.29, 1.82) is 0 Å². The summed E-state index contributed by atoms with van der Waals surface area (Å²) in [5.41, 5.74) is 4.40. The Kier molecular flexibility index (Phi) is 3.59. The number of hydrogen-bond donors (Lipinski definition) is 1. The predicted octanol–water partition coefficient (Wildman–Crippen LogP) is 0.0355. The van der Waals surface area contributed by atoms with E-state index in [0.717, 1.165) is 6.08 Å². The van der Waals surface area contributed by atoms with Crippen molar-refractivity contribution in [3.63, 3.8) is 0 Å². The number of benzene rings is 1. The molecule has 0 aliphatic heterocycles. The molecule has 1 aliphatic carbocycles. The average molecular weight is 271 g/mol. The molecule has 10 radical (unpaired) electrons. The summed E-state index contributed by atoms with van der Waals surface area (Å²) in [6.07, 6.45) is 1.04. The molecule has 20 heavy (non-hydrogen) atoms. The van der Waals surface area contributed by atoms with Crippen molar-refractivity contribution in [1.82, 2.24) is 0 Å². The number of nitrogens with two attached hydrogens (primary N) is 1. The zero-order valence-corrected chi connectivity index (χ0v) is 11.4. The Morgan fingerprint density at radius 1 is 1.10 bits per heavy atom. The van der Waals surface area contributed by atoms with Crippen LogP contribution < -0.4 is 5.73 Å². The fraction of sp³-hybridized carbons (Fsp3) is 0.250. The number of ketones is 1. The van der Waals surface area contributed by atoms with E-state index in [2.05, 4.69) is 0 Å². The monoisotopic (exact) mass is 271 g/mol. The van der Waals surface area contributed by atoms with E-state index in [1.54, 1.807) is 24.3 Å². The Balaban J connectivity index is 2.79. The first-order chi connectivity index (χ1) is 9.06. The molecule has 1 aromatic rings. The van der Waals surface area contributed by atoms with Gasteiger partial charge in [0.05, 0.1) is 36.9 Å². The second-order valence-corrected chi connectivity index (χ2v) is 5.40. The molecule has 2 nitrogen and oxygen atoms in total. The molecular formula is C12H7B5ClNO. The summed E-state index contributed by atoms with van der Waals surface area (Å²) in [6.45, 7) is 0. The van der Waals surface area contributed by atoms with Gasteiger partial charge < -0.3 is 5.73 Å². The molecule has 0 fully saturated rings. The summed E-state index contributed by atoms with van der Waals surface area (Å²) in [5, 5.41) is -3.66.